The highest BCUT2D eigenvalue weighted by Gasteiger charge is 2.19. The summed E-state index contributed by atoms with van der Waals surface area (Å²) in [5.41, 5.74) is 4.79. The molecule has 1 aromatic carbocycles. The van der Waals surface area contributed by atoms with E-state index in [0.29, 0.717) is 17.5 Å². The van der Waals surface area contributed by atoms with Gasteiger partial charge in [-0.3, -0.25) is 9.78 Å². The fraction of sp³-hybridized carbons (Fsp3) is 0.478. The van der Waals surface area contributed by atoms with Crippen LogP contribution in [0.3, 0.4) is 0 Å². The van der Waals surface area contributed by atoms with Crippen LogP contribution in [0.15, 0.2) is 36.5 Å². The van der Waals surface area contributed by atoms with Crippen molar-refractivity contribution in [2.45, 2.75) is 39.5 Å². The number of rotatable bonds is 5. The predicted octanol–water partition coefficient (Wildman–Crippen LogP) is 4.33. The third-order valence-electron chi connectivity index (χ3n) is 5.46. The molecule has 3 rings (SSSR count). The van der Waals surface area contributed by atoms with Crippen molar-refractivity contribution >= 4 is 17.3 Å². The molecule has 1 aliphatic heterocycles. The molecule has 28 heavy (non-hydrogen) atoms. The van der Waals surface area contributed by atoms with E-state index >= 15 is 0 Å². The van der Waals surface area contributed by atoms with Gasteiger partial charge >= 0.3 is 0 Å². The number of piperazine rings is 1. The van der Waals surface area contributed by atoms with Gasteiger partial charge in [-0.05, 0) is 42.1 Å². The van der Waals surface area contributed by atoms with E-state index in [0.717, 1.165) is 48.7 Å². The van der Waals surface area contributed by atoms with Gasteiger partial charge < -0.3 is 15.1 Å². The zero-order valence-corrected chi connectivity index (χ0v) is 17.7. The molecule has 1 saturated heterocycles. The van der Waals surface area contributed by atoms with Crippen molar-refractivity contribution in [3.63, 3.8) is 0 Å². The van der Waals surface area contributed by atoms with Gasteiger partial charge in [0.25, 0.3) is 5.91 Å². The predicted molar refractivity (Wildman–Crippen MR) is 117 cm³/mol. The van der Waals surface area contributed by atoms with Gasteiger partial charge in [0, 0.05) is 43.8 Å². The van der Waals surface area contributed by atoms with E-state index in [1.54, 1.807) is 6.20 Å². The second kappa shape index (κ2) is 8.74. The average molecular weight is 381 g/mol. The number of nitrogens with one attached hydrogen (secondary N) is 1. The van der Waals surface area contributed by atoms with Crippen LogP contribution in [0.1, 0.15) is 61.1 Å². The summed E-state index contributed by atoms with van der Waals surface area (Å²) in [6, 6.07) is 10.2. The standard InChI is InChI=1S/C23H32N4O/c1-16(2)19-7-6-8-20(17(3)4)22(19)25-23(28)21-15-18(9-10-24-21)27-13-11-26(5)12-14-27/h6-10,15-17H,11-14H2,1-5H3,(H,25,28). The second-order valence-electron chi connectivity index (χ2n) is 8.26. The van der Waals surface area contributed by atoms with Crippen LogP contribution in [-0.2, 0) is 0 Å². The first-order valence-corrected chi connectivity index (χ1v) is 10.2. The van der Waals surface area contributed by atoms with Crippen molar-refractivity contribution in [3.8, 4) is 0 Å². The lowest BCUT2D eigenvalue weighted by molar-refractivity contribution is 0.102. The van der Waals surface area contributed by atoms with Crippen LogP contribution in [0.4, 0.5) is 11.4 Å². The second-order valence-corrected chi connectivity index (χ2v) is 8.26. The van der Waals surface area contributed by atoms with Gasteiger partial charge in [0.1, 0.15) is 5.69 Å². The molecule has 5 heteroatoms. The number of aromatic nitrogens is 1. The van der Waals surface area contributed by atoms with E-state index in [1.165, 1.54) is 0 Å². The summed E-state index contributed by atoms with van der Waals surface area (Å²) in [5.74, 6) is 0.517. The number of amides is 1. The highest BCUT2D eigenvalue weighted by Crippen LogP contribution is 2.32. The minimum absolute atomic E-state index is 0.147. The summed E-state index contributed by atoms with van der Waals surface area (Å²) in [7, 11) is 2.14. The summed E-state index contributed by atoms with van der Waals surface area (Å²) in [6.07, 6.45) is 1.74. The van der Waals surface area contributed by atoms with Gasteiger partial charge in [-0.25, -0.2) is 0 Å². The first kappa shape index (κ1) is 20.3. The molecule has 2 aromatic rings. The quantitative estimate of drug-likeness (QED) is 0.839. The number of nitrogens with zero attached hydrogens (tertiary/aromatic N) is 3. The lowest BCUT2D eigenvalue weighted by Gasteiger charge is -2.34. The fourth-order valence-corrected chi connectivity index (χ4v) is 3.68. The Kier molecular flexibility index (Phi) is 6.35. The minimum atomic E-state index is -0.147. The molecular formula is C23H32N4O. The Morgan fingerprint density at radius 2 is 1.61 bits per heavy atom. The Labute approximate surface area is 168 Å². The Hall–Kier alpha value is -2.40. The SMILES string of the molecule is CC(C)c1cccc(C(C)C)c1NC(=O)c1cc(N2CCN(C)CC2)ccn1. The van der Waals surface area contributed by atoms with Crippen LogP contribution in [0.5, 0.6) is 0 Å². The molecule has 1 aromatic heterocycles. The zero-order chi connectivity index (χ0) is 20.3. The molecule has 1 N–H and O–H groups in total. The summed E-state index contributed by atoms with van der Waals surface area (Å²) in [4.78, 5) is 22.0. The van der Waals surface area contributed by atoms with Crippen molar-refractivity contribution < 1.29 is 4.79 Å². The van der Waals surface area contributed by atoms with E-state index in [4.69, 9.17) is 0 Å². The molecule has 5 nitrogen and oxygen atoms in total. The van der Waals surface area contributed by atoms with Crippen LogP contribution < -0.4 is 10.2 Å². The molecule has 0 spiro atoms. The lowest BCUT2D eigenvalue weighted by Crippen LogP contribution is -2.44. The van der Waals surface area contributed by atoms with Crippen molar-refractivity contribution in [2.24, 2.45) is 0 Å². The molecule has 0 radical (unpaired) electrons. The van der Waals surface area contributed by atoms with Crippen molar-refractivity contribution in [1.29, 1.82) is 0 Å². The van der Waals surface area contributed by atoms with E-state index in [2.05, 4.69) is 73.0 Å². The molecule has 1 amide bonds. The molecule has 0 saturated carbocycles. The molecule has 0 unspecified atom stereocenters. The van der Waals surface area contributed by atoms with E-state index < -0.39 is 0 Å². The number of para-hydroxylation sites is 1. The van der Waals surface area contributed by atoms with Gasteiger partial charge in [-0.15, -0.1) is 0 Å². The fourth-order valence-electron chi connectivity index (χ4n) is 3.68. The smallest absolute Gasteiger partial charge is 0.274 e. The molecule has 1 fully saturated rings. The summed E-state index contributed by atoms with van der Waals surface area (Å²) in [5, 5.41) is 3.17. The number of benzene rings is 1. The largest absolute Gasteiger partial charge is 0.369 e. The van der Waals surface area contributed by atoms with Crippen LogP contribution in [-0.4, -0.2) is 49.0 Å². The van der Waals surface area contributed by atoms with Crippen LogP contribution in [0, 0.1) is 0 Å². The molecule has 0 atom stereocenters. The Morgan fingerprint density at radius 1 is 1.00 bits per heavy atom. The van der Waals surface area contributed by atoms with E-state index in [1.807, 2.05) is 12.1 Å². The zero-order valence-electron chi connectivity index (χ0n) is 17.7. The first-order chi connectivity index (χ1) is 13.4. The van der Waals surface area contributed by atoms with Gasteiger partial charge in [-0.1, -0.05) is 45.9 Å². The van der Waals surface area contributed by atoms with Gasteiger partial charge in [0.15, 0.2) is 0 Å². The number of likely N-dealkylation sites (N-methyl/N-ethyl adjacent to an activating group) is 1. The normalized spacial score (nSPS) is 15.3. The highest BCUT2D eigenvalue weighted by atomic mass is 16.1. The van der Waals surface area contributed by atoms with E-state index in [-0.39, 0.29) is 5.91 Å². The molecule has 1 aliphatic rings. The van der Waals surface area contributed by atoms with Crippen LogP contribution in [0.25, 0.3) is 0 Å². The van der Waals surface area contributed by atoms with Crippen molar-refractivity contribution in [2.75, 3.05) is 43.4 Å². The molecular weight excluding hydrogens is 348 g/mol. The Morgan fingerprint density at radius 3 is 2.18 bits per heavy atom. The molecule has 0 bridgehead atoms. The van der Waals surface area contributed by atoms with Crippen molar-refractivity contribution in [3.05, 3.63) is 53.3 Å². The minimum Gasteiger partial charge on any atom is -0.369 e. The maximum atomic E-state index is 13.1. The number of anilines is 2. The number of carbonyl (C=O) groups is 1. The summed E-state index contributed by atoms with van der Waals surface area (Å²) >= 11 is 0. The highest BCUT2D eigenvalue weighted by molar-refractivity contribution is 6.04. The number of pyridine rings is 1. The van der Waals surface area contributed by atoms with Crippen LogP contribution in [0.2, 0.25) is 0 Å². The molecule has 2 heterocycles. The monoisotopic (exact) mass is 380 g/mol. The maximum Gasteiger partial charge on any atom is 0.274 e. The average Bonchev–Trinajstić information content (AvgIpc) is 2.68. The van der Waals surface area contributed by atoms with Gasteiger partial charge in [-0.2, -0.15) is 0 Å². The number of hydrogen-bond acceptors (Lipinski definition) is 4. The Balaban J connectivity index is 1.85. The van der Waals surface area contributed by atoms with Crippen molar-refractivity contribution in [1.82, 2.24) is 9.88 Å². The van der Waals surface area contributed by atoms with E-state index in [9.17, 15) is 4.79 Å². The lowest BCUT2D eigenvalue weighted by atomic mass is 9.92. The Bertz CT molecular complexity index is 797. The molecule has 150 valence electrons. The number of carbonyl (C=O) groups excluding carboxylic acids is 1. The molecule has 0 aliphatic carbocycles. The maximum absolute atomic E-state index is 13.1. The third-order valence-corrected chi connectivity index (χ3v) is 5.46. The summed E-state index contributed by atoms with van der Waals surface area (Å²) in [6.45, 7) is 12.6. The first-order valence-electron chi connectivity index (χ1n) is 10.2. The van der Waals surface area contributed by atoms with Gasteiger partial charge in [0.05, 0.1) is 0 Å². The number of hydrogen-bond donors (Lipinski definition) is 1. The topological polar surface area (TPSA) is 48.5 Å². The summed E-state index contributed by atoms with van der Waals surface area (Å²) < 4.78 is 0. The third kappa shape index (κ3) is 4.53. The van der Waals surface area contributed by atoms with Crippen LogP contribution >= 0.6 is 0 Å². The van der Waals surface area contributed by atoms with Gasteiger partial charge in [0.2, 0.25) is 0 Å².